The largest absolute Gasteiger partial charge is 0.394 e. The van der Waals surface area contributed by atoms with Crippen LogP contribution in [0.4, 0.5) is 20.5 Å². The van der Waals surface area contributed by atoms with Crippen molar-refractivity contribution in [2.75, 3.05) is 29.9 Å². The second kappa shape index (κ2) is 8.27. The highest BCUT2D eigenvalue weighted by Crippen LogP contribution is 2.50. The second-order valence-corrected chi connectivity index (χ2v) is 12.5. The number of aliphatic hydroxyl groups is 1. The van der Waals surface area contributed by atoms with Gasteiger partial charge in [-0.15, -0.1) is 0 Å². The molecule has 12 heteroatoms. The molecule has 3 fully saturated rings. The maximum Gasteiger partial charge on any atom is 0.331 e. The monoisotopic (exact) mass is 524 g/mol. The maximum atomic E-state index is 14.4. The summed E-state index contributed by atoms with van der Waals surface area (Å²) in [4.78, 5) is 19.8. The molecule has 0 amide bonds. The van der Waals surface area contributed by atoms with Crippen molar-refractivity contribution in [3.8, 4) is 0 Å². The molecule has 4 heterocycles. The highest BCUT2D eigenvalue weighted by atomic mass is 35.5. The molecule has 2 N–H and O–H groups in total. The Hall–Kier alpha value is -1.98. The quantitative estimate of drug-likeness (QED) is 0.610. The molecule has 188 valence electrons. The van der Waals surface area contributed by atoms with Gasteiger partial charge in [0.1, 0.15) is 27.3 Å². The van der Waals surface area contributed by atoms with Gasteiger partial charge in [0, 0.05) is 36.8 Å². The van der Waals surface area contributed by atoms with Crippen LogP contribution in [0.5, 0.6) is 0 Å². The number of anilines is 2. The van der Waals surface area contributed by atoms with Gasteiger partial charge in [0.15, 0.2) is 0 Å². The Balaban J connectivity index is 1.19. The van der Waals surface area contributed by atoms with Crippen molar-refractivity contribution in [1.82, 2.24) is 19.9 Å². The minimum Gasteiger partial charge on any atom is -0.394 e. The van der Waals surface area contributed by atoms with E-state index in [2.05, 4.69) is 25.3 Å². The molecule has 35 heavy (non-hydrogen) atoms. The fourth-order valence-electron chi connectivity index (χ4n) is 5.85. The molecule has 2 aliphatic carbocycles. The van der Waals surface area contributed by atoms with E-state index in [0.29, 0.717) is 29.7 Å². The van der Waals surface area contributed by atoms with Gasteiger partial charge in [-0.2, -0.15) is 13.8 Å². The molecule has 0 unspecified atom stereocenters. The van der Waals surface area contributed by atoms with E-state index in [1.54, 1.807) is 12.4 Å². The van der Waals surface area contributed by atoms with E-state index in [1.165, 1.54) is 0 Å². The Morgan fingerprint density at radius 2 is 1.83 bits per heavy atom. The van der Waals surface area contributed by atoms with Gasteiger partial charge in [-0.25, -0.2) is 19.2 Å². The summed E-state index contributed by atoms with van der Waals surface area (Å²) >= 11 is 5.91. The maximum absolute atomic E-state index is 14.4. The van der Waals surface area contributed by atoms with Crippen LogP contribution in [0.1, 0.15) is 62.4 Å². The number of nitrogens with one attached hydrogen (secondary N) is 1. The Morgan fingerprint density at radius 1 is 1.14 bits per heavy atom. The Bertz CT molecular complexity index is 1160. The van der Waals surface area contributed by atoms with Crippen molar-refractivity contribution in [2.24, 2.45) is 5.41 Å². The molecule has 0 bridgehead atoms. The van der Waals surface area contributed by atoms with E-state index in [0.717, 1.165) is 51.0 Å². The summed E-state index contributed by atoms with van der Waals surface area (Å²) in [6, 6.07) is 0. The fraction of sp³-hybridized carbons (Fsp3) is 0.652. The topological polar surface area (TPSA) is 104 Å². The normalized spacial score (nSPS) is 26.2. The van der Waals surface area contributed by atoms with Crippen LogP contribution in [0.3, 0.4) is 0 Å². The van der Waals surface area contributed by atoms with Crippen molar-refractivity contribution in [3.05, 3.63) is 28.9 Å². The number of halogens is 3. The zero-order valence-electron chi connectivity index (χ0n) is 19.1. The van der Waals surface area contributed by atoms with E-state index >= 15 is 0 Å². The lowest BCUT2D eigenvalue weighted by molar-refractivity contribution is 0.103. The van der Waals surface area contributed by atoms with Gasteiger partial charge in [0.25, 0.3) is 0 Å². The Kier molecular flexibility index (Phi) is 5.54. The molecule has 0 aromatic carbocycles. The van der Waals surface area contributed by atoms with Gasteiger partial charge in [-0.1, -0.05) is 11.6 Å². The molecule has 2 aliphatic heterocycles. The molecule has 2 aromatic rings. The zero-order valence-corrected chi connectivity index (χ0v) is 20.7. The number of aliphatic hydroxyl groups excluding tert-OH is 1. The van der Waals surface area contributed by atoms with E-state index in [-0.39, 0.29) is 28.4 Å². The number of aromatic nitrogens is 4. The lowest BCUT2D eigenvalue weighted by Crippen LogP contribution is -2.58. The summed E-state index contributed by atoms with van der Waals surface area (Å²) in [5, 5.41) is 10.2. The Labute approximate surface area is 209 Å². The first-order chi connectivity index (χ1) is 16.7. The SMILES string of the molecule is O=[S@]1c2c(nc(N3CC4(CCC(c5ncc(Cl)cn5)CC4)C3)nc2NC2(CO)CCC2)CC1(F)F. The zero-order chi connectivity index (χ0) is 24.4. The van der Waals surface area contributed by atoms with Crippen molar-refractivity contribution >= 4 is 34.2 Å². The van der Waals surface area contributed by atoms with Gasteiger partial charge in [-0.05, 0) is 44.9 Å². The van der Waals surface area contributed by atoms with Crippen LogP contribution in [0.2, 0.25) is 5.02 Å². The van der Waals surface area contributed by atoms with Gasteiger partial charge >= 0.3 is 5.25 Å². The highest BCUT2D eigenvalue weighted by molar-refractivity contribution is 7.86. The third kappa shape index (κ3) is 3.99. The van der Waals surface area contributed by atoms with Crippen LogP contribution >= 0.6 is 11.6 Å². The van der Waals surface area contributed by atoms with E-state index in [4.69, 9.17) is 11.6 Å². The van der Waals surface area contributed by atoms with E-state index in [9.17, 15) is 18.1 Å². The van der Waals surface area contributed by atoms with Crippen molar-refractivity contribution < 1.29 is 18.1 Å². The molecule has 2 saturated carbocycles. The molecule has 6 rings (SSSR count). The average molecular weight is 525 g/mol. The molecule has 1 spiro atoms. The summed E-state index contributed by atoms with van der Waals surface area (Å²) < 4.78 is 41.3. The summed E-state index contributed by atoms with van der Waals surface area (Å²) in [5.74, 6) is 1.72. The van der Waals surface area contributed by atoms with Gasteiger partial charge in [0.05, 0.1) is 29.3 Å². The summed E-state index contributed by atoms with van der Waals surface area (Å²) in [6.07, 6.45) is 8.98. The highest BCUT2D eigenvalue weighted by Gasteiger charge is 2.51. The second-order valence-electron chi connectivity index (χ2n) is 10.5. The van der Waals surface area contributed by atoms with E-state index in [1.807, 2.05) is 4.90 Å². The molecule has 1 saturated heterocycles. The molecule has 1 atom stereocenters. The first kappa shape index (κ1) is 23.4. The van der Waals surface area contributed by atoms with Crippen LogP contribution < -0.4 is 10.2 Å². The summed E-state index contributed by atoms with van der Waals surface area (Å²) in [7, 11) is -2.52. The summed E-state index contributed by atoms with van der Waals surface area (Å²) in [6.45, 7) is 1.38. The predicted molar refractivity (Wildman–Crippen MR) is 127 cm³/mol. The predicted octanol–water partition coefficient (Wildman–Crippen LogP) is 3.67. The number of rotatable bonds is 5. The lowest BCUT2D eigenvalue weighted by atomic mass is 9.66. The third-order valence-electron chi connectivity index (χ3n) is 8.14. The van der Waals surface area contributed by atoms with E-state index < -0.39 is 28.0 Å². The van der Waals surface area contributed by atoms with Crippen LogP contribution in [0.15, 0.2) is 17.3 Å². The average Bonchev–Trinajstić information content (AvgIpc) is 3.03. The standard InChI is InChI=1S/C23H27ClF2N6O2S/c24-15-9-27-18(28-10-15)14-2-6-21(7-3-14)11-32(12-21)20-29-16-8-23(25,26)35(34)17(16)19(30-20)31-22(13-33)4-1-5-22/h9-10,14,33H,1-8,11-13H2,(H,29,30,31)/t35-/m0/s1. The minimum atomic E-state index is -3.36. The molecular weight excluding hydrogens is 498 g/mol. The van der Waals surface area contributed by atoms with Crippen LogP contribution in [0.25, 0.3) is 0 Å². The smallest absolute Gasteiger partial charge is 0.331 e. The van der Waals surface area contributed by atoms with Gasteiger partial charge in [0.2, 0.25) is 5.95 Å². The number of hydrogen-bond acceptors (Lipinski definition) is 8. The van der Waals surface area contributed by atoms with Gasteiger partial charge in [-0.3, -0.25) is 0 Å². The van der Waals surface area contributed by atoms with Crippen LogP contribution in [-0.4, -0.2) is 59.7 Å². The molecular formula is C23H27ClF2N6O2S. The first-order valence-corrected chi connectivity index (χ1v) is 13.6. The Morgan fingerprint density at radius 3 is 2.43 bits per heavy atom. The third-order valence-corrected chi connectivity index (χ3v) is 9.82. The van der Waals surface area contributed by atoms with Crippen LogP contribution in [0, 0.1) is 5.41 Å². The number of nitrogens with zero attached hydrogens (tertiary/aromatic N) is 5. The molecule has 0 radical (unpaired) electrons. The summed E-state index contributed by atoms with van der Waals surface area (Å²) in [5.41, 5.74) is -0.316. The van der Waals surface area contributed by atoms with Crippen molar-refractivity contribution in [2.45, 2.75) is 73.0 Å². The first-order valence-electron chi connectivity index (χ1n) is 12.0. The minimum absolute atomic E-state index is 0.0165. The van der Waals surface area contributed by atoms with Crippen LogP contribution in [-0.2, 0) is 17.2 Å². The lowest BCUT2D eigenvalue weighted by Gasteiger charge is -2.53. The molecule has 2 aromatic heterocycles. The van der Waals surface area contributed by atoms with Crippen molar-refractivity contribution in [3.63, 3.8) is 0 Å². The number of hydrogen-bond donors (Lipinski definition) is 2. The fourth-order valence-corrected chi connectivity index (χ4v) is 7.12. The number of alkyl halides is 2. The molecule has 8 nitrogen and oxygen atoms in total. The molecule has 4 aliphatic rings. The number of fused-ring (bicyclic) bond motifs is 1. The van der Waals surface area contributed by atoms with Crippen molar-refractivity contribution in [1.29, 1.82) is 0 Å². The van der Waals surface area contributed by atoms with Gasteiger partial charge < -0.3 is 15.3 Å².